The van der Waals surface area contributed by atoms with Gasteiger partial charge in [0.2, 0.25) is 0 Å². The minimum atomic E-state index is 0.419. The lowest BCUT2D eigenvalue weighted by atomic mass is 9.78. The van der Waals surface area contributed by atoms with Crippen molar-refractivity contribution in [3.63, 3.8) is 0 Å². The van der Waals surface area contributed by atoms with Crippen LogP contribution >= 0.6 is 0 Å². The van der Waals surface area contributed by atoms with Crippen LogP contribution in [0.15, 0.2) is 24.3 Å². The SMILES string of the molecule is Cc1ccccc1CC(C)NC1(C)CCC1. The molecule has 1 aromatic carbocycles. The summed E-state index contributed by atoms with van der Waals surface area (Å²) in [5.74, 6) is 0. The first kappa shape index (κ1) is 11.7. The molecule has 1 unspecified atom stereocenters. The lowest BCUT2D eigenvalue weighted by molar-refractivity contribution is 0.189. The molecule has 1 aliphatic rings. The first-order valence-corrected chi connectivity index (χ1v) is 6.41. The van der Waals surface area contributed by atoms with Crippen molar-refractivity contribution in [3.8, 4) is 0 Å². The highest BCUT2D eigenvalue weighted by Crippen LogP contribution is 2.31. The monoisotopic (exact) mass is 217 g/mol. The van der Waals surface area contributed by atoms with Crippen LogP contribution in [0, 0.1) is 6.92 Å². The van der Waals surface area contributed by atoms with Gasteiger partial charge in [0.25, 0.3) is 0 Å². The summed E-state index contributed by atoms with van der Waals surface area (Å²) >= 11 is 0. The lowest BCUT2D eigenvalue weighted by Crippen LogP contribution is -2.52. The van der Waals surface area contributed by atoms with Gasteiger partial charge in [-0.05, 0) is 57.6 Å². The fourth-order valence-corrected chi connectivity index (χ4v) is 2.67. The zero-order valence-corrected chi connectivity index (χ0v) is 10.7. The molecule has 1 N–H and O–H groups in total. The van der Waals surface area contributed by atoms with E-state index in [2.05, 4.69) is 50.4 Å². The van der Waals surface area contributed by atoms with Crippen molar-refractivity contribution >= 4 is 0 Å². The Morgan fingerprint density at radius 3 is 2.56 bits per heavy atom. The predicted octanol–water partition coefficient (Wildman–Crippen LogP) is 3.46. The Balaban J connectivity index is 1.92. The van der Waals surface area contributed by atoms with Gasteiger partial charge in [0.05, 0.1) is 0 Å². The molecular formula is C15H23N. The van der Waals surface area contributed by atoms with Gasteiger partial charge in [-0.1, -0.05) is 24.3 Å². The number of aryl methyl sites for hydroxylation is 1. The molecule has 0 heterocycles. The second-order valence-electron chi connectivity index (χ2n) is 5.59. The minimum Gasteiger partial charge on any atom is -0.309 e. The van der Waals surface area contributed by atoms with Crippen molar-refractivity contribution in [1.29, 1.82) is 0 Å². The Labute approximate surface area is 99.3 Å². The van der Waals surface area contributed by atoms with Gasteiger partial charge in [-0.25, -0.2) is 0 Å². The van der Waals surface area contributed by atoms with Gasteiger partial charge >= 0.3 is 0 Å². The van der Waals surface area contributed by atoms with Crippen molar-refractivity contribution in [1.82, 2.24) is 5.32 Å². The van der Waals surface area contributed by atoms with Gasteiger partial charge in [-0.15, -0.1) is 0 Å². The summed E-state index contributed by atoms with van der Waals surface area (Å²) in [5, 5.41) is 3.77. The van der Waals surface area contributed by atoms with Crippen LogP contribution < -0.4 is 5.32 Å². The van der Waals surface area contributed by atoms with Crippen molar-refractivity contribution in [3.05, 3.63) is 35.4 Å². The highest BCUT2D eigenvalue weighted by Gasteiger charge is 2.32. The van der Waals surface area contributed by atoms with E-state index in [-0.39, 0.29) is 0 Å². The Kier molecular flexibility index (Phi) is 3.34. The van der Waals surface area contributed by atoms with Crippen LogP contribution in [0.25, 0.3) is 0 Å². The Morgan fingerprint density at radius 1 is 1.31 bits per heavy atom. The molecule has 1 heteroatoms. The average molecular weight is 217 g/mol. The molecule has 1 aromatic rings. The predicted molar refractivity (Wildman–Crippen MR) is 69.7 cm³/mol. The first-order chi connectivity index (χ1) is 7.59. The van der Waals surface area contributed by atoms with E-state index in [1.165, 1.54) is 30.4 Å². The highest BCUT2D eigenvalue weighted by atomic mass is 15.0. The summed E-state index contributed by atoms with van der Waals surface area (Å²) in [6.07, 6.45) is 5.21. The van der Waals surface area contributed by atoms with Gasteiger partial charge in [-0.2, -0.15) is 0 Å². The van der Waals surface area contributed by atoms with E-state index in [1.54, 1.807) is 0 Å². The highest BCUT2D eigenvalue weighted by molar-refractivity contribution is 5.26. The van der Waals surface area contributed by atoms with E-state index in [0.717, 1.165) is 6.42 Å². The Bertz CT molecular complexity index is 352. The summed E-state index contributed by atoms with van der Waals surface area (Å²) in [7, 11) is 0. The van der Waals surface area contributed by atoms with Gasteiger partial charge in [0.15, 0.2) is 0 Å². The topological polar surface area (TPSA) is 12.0 Å². The minimum absolute atomic E-state index is 0.419. The van der Waals surface area contributed by atoms with Crippen LogP contribution in [-0.4, -0.2) is 11.6 Å². The molecule has 16 heavy (non-hydrogen) atoms. The van der Waals surface area contributed by atoms with E-state index in [1.807, 2.05) is 0 Å². The van der Waals surface area contributed by atoms with Gasteiger partial charge in [0.1, 0.15) is 0 Å². The van der Waals surface area contributed by atoms with Crippen LogP contribution in [0.3, 0.4) is 0 Å². The number of nitrogens with one attached hydrogen (secondary N) is 1. The molecule has 0 bridgehead atoms. The van der Waals surface area contributed by atoms with Crippen LogP contribution in [-0.2, 0) is 6.42 Å². The van der Waals surface area contributed by atoms with E-state index in [9.17, 15) is 0 Å². The average Bonchev–Trinajstić information content (AvgIpc) is 2.19. The van der Waals surface area contributed by atoms with E-state index < -0.39 is 0 Å². The maximum absolute atomic E-state index is 3.77. The molecule has 1 aliphatic carbocycles. The summed E-state index contributed by atoms with van der Waals surface area (Å²) in [5.41, 5.74) is 3.31. The molecule has 0 aromatic heterocycles. The van der Waals surface area contributed by atoms with Crippen LogP contribution in [0.2, 0.25) is 0 Å². The van der Waals surface area contributed by atoms with Crippen molar-refractivity contribution < 1.29 is 0 Å². The second-order valence-corrected chi connectivity index (χ2v) is 5.59. The van der Waals surface area contributed by atoms with Crippen LogP contribution in [0.4, 0.5) is 0 Å². The molecule has 1 fully saturated rings. The fourth-order valence-electron chi connectivity index (χ4n) is 2.67. The molecule has 0 aliphatic heterocycles. The maximum Gasteiger partial charge on any atom is 0.0156 e. The Morgan fingerprint density at radius 2 is 2.00 bits per heavy atom. The van der Waals surface area contributed by atoms with Crippen molar-refractivity contribution in [2.24, 2.45) is 0 Å². The van der Waals surface area contributed by atoms with Gasteiger partial charge in [0, 0.05) is 11.6 Å². The summed E-state index contributed by atoms with van der Waals surface area (Å²) in [6.45, 7) is 6.86. The second kappa shape index (κ2) is 4.58. The number of benzene rings is 1. The first-order valence-electron chi connectivity index (χ1n) is 6.41. The zero-order chi connectivity index (χ0) is 11.6. The third kappa shape index (κ3) is 2.65. The Hall–Kier alpha value is -0.820. The van der Waals surface area contributed by atoms with Gasteiger partial charge in [-0.3, -0.25) is 0 Å². The molecule has 1 saturated carbocycles. The van der Waals surface area contributed by atoms with Crippen LogP contribution in [0.5, 0.6) is 0 Å². The summed E-state index contributed by atoms with van der Waals surface area (Å²) < 4.78 is 0. The van der Waals surface area contributed by atoms with Crippen molar-refractivity contribution in [2.45, 2.75) is 58.0 Å². The van der Waals surface area contributed by atoms with E-state index in [4.69, 9.17) is 0 Å². The van der Waals surface area contributed by atoms with E-state index >= 15 is 0 Å². The molecule has 1 nitrogen and oxygen atoms in total. The largest absolute Gasteiger partial charge is 0.309 e. The fraction of sp³-hybridized carbons (Fsp3) is 0.600. The zero-order valence-electron chi connectivity index (χ0n) is 10.7. The molecule has 88 valence electrons. The molecular weight excluding hydrogens is 194 g/mol. The lowest BCUT2D eigenvalue weighted by Gasteiger charge is -2.41. The molecule has 1 atom stereocenters. The van der Waals surface area contributed by atoms with E-state index in [0.29, 0.717) is 11.6 Å². The maximum atomic E-state index is 3.77. The summed E-state index contributed by atoms with van der Waals surface area (Å²) in [6, 6.07) is 9.28. The third-order valence-corrected chi connectivity index (χ3v) is 3.84. The van der Waals surface area contributed by atoms with Crippen molar-refractivity contribution in [2.75, 3.05) is 0 Å². The number of hydrogen-bond donors (Lipinski definition) is 1. The standard InChI is InChI=1S/C15H23N/c1-12-7-4-5-8-14(12)11-13(2)16-15(3)9-6-10-15/h4-5,7-8,13,16H,6,9-11H2,1-3H3. The summed E-state index contributed by atoms with van der Waals surface area (Å²) in [4.78, 5) is 0. The molecule has 0 spiro atoms. The number of rotatable bonds is 4. The smallest absolute Gasteiger partial charge is 0.0156 e. The normalized spacial score (nSPS) is 20.2. The molecule has 0 amide bonds. The van der Waals surface area contributed by atoms with Crippen LogP contribution in [0.1, 0.15) is 44.2 Å². The van der Waals surface area contributed by atoms with Gasteiger partial charge < -0.3 is 5.32 Å². The third-order valence-electron chi connectivity index (χ3n) is 3.84. The molecule has 0 saturated heterocycles. The quantitative estimate of drug-likeness (QED) is 0.814. The number of hydrogen-bond acceptors (Lipinski definition) is 1. The molecule has 2 rings (SSSR count). The molecule has 0 radical (unpaired) electrons.